The molecule has 0 spiro atoms. The molecule has 14 heteroatoms. The molecule has 0 aromatic heterocycles. The van der Waals surface area contributed by atoms with Crippen LogP contribution in [0, 0.1) is 5.92 Å². The molecular formula is C25H39N7O7. The molecule has 0 saturated carbocycles. The highest BCUT2D eigenvalue weighted by Crippen LogP contribution is 2.09. The molecule has 0 heterocycles. The standard InChI is InChI=1S/C25H39N7O7/c1-14(2)20(23(37)31-18(24(38)39)13-15-7-4-3-5-8-15)32-22(36)17(9-6-12-29-25(27)28)30-21(35)16(26)10-11-19(33)34/h3-5,7-8,14,16-18,20H,6,9-13,26H2,1-2H3,(H,30,35)(H,31,37)(H,32,36)(H,33,34)(H,38,39)(H4,27,28,29). The molecule has 4 atom stereocenters. The molecule has 1 aromatic rings. The summed E-state index contributed by atoms with van der Waals surface area (Å²) in [5.74, 6) is -5.08. The molecule has 0 aliphatic heterocycles. The van der Waals surface area contributed by atoms with Gasteiger partial charge in [0, 0.05) is 19.4 Å². The van der Waals surface area contributed by atoms with Gasteiger partial charge in [0.1, 0.15) is 18.1 Å². The fraction of sp³-hybridized carbons (Fsp3) is 0.520. The molecular weight excluding hydrogens is 510 g/mol. The van der Waals surface area contributed by atoms with Gasteiger partial charge in [-0.05, 0) is 30.7 Å². The molecule has 14 nitrogen and oxygen atoms in total. The maximum Gasteiger partial charge on any atom is 0.326 e. The lowest BCUT2D eigenvalue weighted by molar-refractivity contribution is -0.142. The van der Waals surface area contributed by atoms with Crippen LogP contribution in [0.3, 0.4) is 0 Å². The molecule has 39 heavy (non-hydrogen) atoms. The molecule has 3 amide bonds. The minimum atomic E-state index is -1.24. The summed E-state index contributed by atoms with van der Waals surface area (Å²) in [6, 6.07) is 4.09. The summed E-state index contributed by atoms with van der Waals surface area (Å²) in [5.41, 5.74) is 17.1. The van der Waals surface area contributed by atoms with Crippen molar-refractivity contribution in [3.05, 3.63) is 35.9 Å². The van der Waals surface area contributed by atoms with Gasteiger partial charge in [0.25, 0.3) is 0 Å². The number of rotatable bonds is 17. The number of nitrogens with zero attached hydrogens (tertiary/aromatic N) is 1. The van der Waals surface area contributed by atoms with Gasteiger partial charge >= 0.3 is 11.9 Å². The van der Waals surface area contributed by atoms with Gasteiger partial charge in [0.05, 0.1) is 6.04 Å². The molecule has 0 fully saturated rings. The van der Waals surface area contributed by atoms with Crippen LogP contribution in [0.2, 0.25) is 0 Å². The highest BCUT2D eigenvalue weighted by atomic mass is 16.4. The number of carboxylic acid groups (broad SMARTS) is 2. The van der Waals surface area contributed by atoms with E-state index >= 15 is 0 Å². The Morgan fingerprint density at radius 3 is 2.03 bits per heavy atom. The van der Waals surface area contributed by atoms with E-state index in [1.54, 1.807) is 44.2 Å². The number of carbonyl (C=O) groups is 5. The van der Waals surface area contributed by atoms with Crippen molar-refractivity contribution in [3.63, 3.8) is 0 Å². The summed E-state index contributed by atoms with van der Waals surface area (Å²) in [6.45, 7) is 3.51. The summed E-state index contributed by atoms with van der Waals surface area (Å²) in [7, 11) is 0. The Labute approximate surface area is 226 Å². The first kappa shape index (κ1) is 32.8. The van der Waals surface area contributed by atoms with E-state index in [-0.39, 0.29) is 44.6 Å². The SMILES string of the molecule is CC(C)C(NC(=O)C(CCCN=C(N)N)NC(=O)C(N)CCC(=O)O)C(=O)NC(Cc1ccccc1)C(=O)O. The monoisotopic (exact) mass is 549 g/mol. The summed E-state index contributed by atoms with van der Waals surface area (Å²) >= 11 is 0. The smallest absolute Gasteiger partial charge is 0.326 e. The molecule has 0 radical (unpaired) electrons. The third-order valence-corrected chi connectivity index (χ3v) is 5.73. The Morgan fingerprint density at radius 2 is 1.49 bits per heavy atom. The van der Waals surface area contributed by atoms with Crippen LogP contribution in [0.25, 0.3) is 0 Å². The number of guanidine groups is 1. The van der Waals surface area contributed by atoms with E-state index in [0.29, 0.717) is 5.56 Å². The summed E-state index contributed by atoms with van der Waals surface area (Å²) in [5, 5.41) is 26.0. The van der Waals surface area contributed by atoms with Crippen molar-refractivity contribution < 1.29 is 34.2 Å². The Morgan fingerprint density at radius 1 is 0.872 bits per heavy atom. The third-order valence-electron chi connectivity index (χ3n) is 5.73. The topological polar surface area (TPSA) is 252 Å². The zero-order valence-corrected chi connectivity index (χ0v) is 22.1. The second kappa shape index (κ2) is 16.6. The molecule has 0 aliphatic carbocycles. The van der Waals surface area contributed by atoms with Crippen LogP contribution < -0.4 is 33.2 Å². The fourth-order valence-corrected chi connectivity index (χ4v) is 3.56. The van der Waals surface area contributed by atoms with Crippen molar-refractivity contribution in [3.8, 4) is 0 Å². The number of benzene rings is 1. The molecule has 0 saturated heterocycles. The van der Waals surface area contributed by atoms with Gasteiger partial charge in [-0.2, -0.15) is 0 Å². The van der Waals surface area contributed by atoms with Crippen LogP contribution in [-0.2, 0) is 30.4 Å². The van der Waals surface area contributed by atoms with E-state index in [4.69, 9.17) is 22.3 Å². The normalized spacial score (nSPS) is 13.8. The van der Waals surface area contributed by atoms with E-state index in [2.05, 4.69) is 20.9 Å². The highest BCUT2D eigenvalue weighted by Gasteiger charge is 2.32. The van der Waals surface area contributed by atoms with Crippen LogP contribution in [0.15, 0.2) is 35.3 Å². The molecule has 1 rings (SSSR count). The number of carboxylic acids is 2. The Balaban J connectivity index is 2.99. The van der Waals surface area contributed by atoms with E-state index in [0.717, 1.165) is 0 Å². The first-order valence-electron chi connectivity index (χ1n) is 12.5. The van der Waals surface area contributed by atoms with Gasteiger partial charge in [-0.25, -0.2) is 4.79 Å². The van der Waals surface area contributed by atoms with E-state index in [1.165, 1.54) is 0 Å². The average molecular weight is 550 g/mol. The average Bonchev–Trinajstić information content (AvgIpc) is 2.86. The van der Waals surface area contributed by atoms with E-state index < -0.39 is 59.7 Å². The van der Waals surface area contributed by atoms with Gasteiger partial charge < -0.3 is 43.4 Å². The predicted octanol–water partition coefficient (Wildman–Crippen LogP) is -1.33. The van der Waals surface area contributed by atoms with Crippen LogP contribution >= 0.6 is 0 Å². The summed E-state index contributed by atoms with van der Waals surface area (Å²) in [6.07, 6.45) is -0.0638. The Kier molecular flexibility index (Phi) is 14.0. The zero-order chi connectivity index (χ0) is 29.5. The molecule has 0 bridgehead atoms. The van der Waals surface area contributed by atoms with Gasteiger partial charge in [-0.1, -0.05) is 44.2 Å². The van der Waals surface area contributed by atoms with Crippen molar-refractivity contribution in [2.24, 2.45) is 28.1 Å². The minimum Gasteiger partial charge on any atom is -0.481 e. The van der Waals surface area contributed by atoms with Crippen molar-refractivity contribution in [2.75, 3.05) is 6.54 Å². The zero-order valence-electron chi connectivity index (χ0n) is 22.1. The van der Waals surface area contributed by atoms with Gasteiger partial charge in [-0.15, -0.1) is 0 Å². The minimum absolute atomic E-state index is 0.0401. The quantitative estimate of drug-likeness (QED) is 0.0645. The van der Waals surface area contributed by atoms with E-state index in [9.17, 15) is 29.1 Å². The summed E-state index contributed by atoms with van der Waals surface area (Å²) < 4.78 is 0. The lowest BCUT2D eigenvalue weighted by atomic mass is 10.00. The number of hydrogen-bond acceptors (Lipinski definition) is 7. The number of aliphatic imine (C=N–C) groups is 1. The first-order valence-corrected chi connectivity index (χ1v) is 12.5. The number of carbonyl (C=O) groups excluding carboxylic acids is 3. The van der Waals surface area contributed by atoms with Crippen molar-refractivity contribution in [1.29, 1.82) is 0 Å². The number of amides is 3. The number of hydrogen-bond donors (Lipinski definition) is 8. The lowest BCUT2D eigenvalue weighted by Crippen LogP contribution is -2.58. The van der Waals surface area contributed by atoms with Crippen LogP contribution in [-0.4, -0.2) is 76.5 Å². The maximum absolute atomic E-state index is 13.2. The van der Waals surface area contributed by atoms with Crippen molar-refractivity contribution >= 4 is 35.6 Å². The van der Waals surface area contributed by atoms with E-state index in [1.807, 2.05) is 0 Å². The van der Waals surface area contributed by atoms with Gasteiger partial charge in [-0.3, -0.25) is 24.2 Å². The lowest BCUT2D eigenvalue weighted by Gasteiger charge is -2.27. The maximum atomic E-state index is 13.2. The molecule has 1 aromatic carbocycles. The Bertz CT molecular complexity index is 1010. The second-order valence-electron chi connectivity index (χ2n) is 9.37. The predicted molar refractivity (Wildman–Crippen MR) is 143 cm³/mol. The van der Waals surface area contributed by atoms with Gasteiger partial charge in [0.15, 0.2) is 5.96 Å². The fourth-order valence-electron chi connectivity index (χ4n) is 3.56. The highest BCUT2D eigenvalue weighted by molar-refractivity contribution is 5.94. The molecule has 11 N–H and O–H groups in total. The van der Waals surface area contributed by atoms with Crippen molar-refractivity contribution in [2.45, 2.75) is 70.1 Å². The summed E-state index contributed by atoms with van der Waals surface area (Å²) in [4.78, 5) is 65.2. The van der Waals surface area contributed by atoms with Crippen LogP contribution in [0.5, 0.6) is 0 Å². The van der Waals surface area contributed by atoms with Gasteiger partial charge in [0.2, 0.25) is 17.7 Å². The molecule has 0 aliphatic rings. The Hall–Kier alpha value is -4.20. The molecule has 4 unspecified atom stereocenters. The second-order valence-corrected chi connectivity index (χ2v) is 9.37. The van der Waals surface area contributed by atoms with Crippen LogP contribution in [0.1, 0.15) is 45.1 Å². The number of nitrogens with one attached hydrogen (secondary N) is 3. The number of nitrogens with two attached hydrogens (primary N) is 3. The van der Waals surface area contributed by atoms with Crippen LogP contribution in [0.4, 0.5) is 0 Å². The van der Waals surface area contributed by atoms with Crippen molar-refractivity contribution in [1.82, 2.24) is 16.0 Å². The largest absolute Gasteiger partial charge is 0.481 e. The molecule has 216 valence electrons. The first-order chi connectivity index (χ1) is 18.3. The third kappa shape index (κ3) is 12.7. The number of aliphatic carboxylic acids is 2.